The number of hydrogen-bond acceptors (Lipinski definition) is 3. The Bertz CT molecular complexity index is 273. The number of rotatable bonds is 5. The zero-order valence-electron chi connectivity index (χ0n) is 8.50. The van der Waals surface area contributed by atoms with Crippen LogP contribution in [0.15, 0.2) is 15.9 Å². The van der Waals surface area contributed by atoms with Crippen molar-refractivity contribution < 1.29 is 0 Å². The lowest BCUT2D eigenvalue weighted by Crippen LogP contribution is -2.22. The molecular formula is C10H16BrNS2. The lowest BCUT2D eigenvalue weighted by Gasteiger charge is -2.18. The summed E-state index contributed by atoms with van der Waals surface area (Å²) in [6.45, 7) is 4.29. The van der Waals surface area contributed by atoms with E-state index in [1.165, 1.54) is 20.8 Å². The number of thioether (sulfide) groups is 1. The van der Waals surface area contributed by atoms with Crippen LogP contribution in [0.25, 0.3) is 0 Å². The number of hydrogen-bond donors (Lipinski definition) is 1. The van der Waals surface area contributed by atoms with Crippen LogP contribution in [0.3, 0.4) is 0 Å². The quantitative estimate of drug-likeness (QED) is 0.887. The molecule has 0 aliphatic rings. The van der Waals surface area contributed by atoms with Crippen molar-refractivity contribution in [2.24, 2.45) is 5.73 Å². The highest BCUT2D eigenvalue weighted by Crippen LogP contribution is 2.37. The number of nitrogens with two attached hydrogens (primary N) is 1. The van der Waals surface area contributed by atoms with E-state index in [0.29, 0.717) is 5.25 Å². The second kappa shape index (κ2) is 6.16. The van der Waals surface area contributed by atoms with E-state index in [9.17, 15) is 0 Å². The van der Waals surface area contributed by atoms with Crippen molar-refractivity contribution in [3.05, 3.63) is 20.8 Å². The molecule has 1 heterocycles. The van der Waals surface area contributed by atoms with Crippen LogP contribution in [0.5, 0.6) is 0 Å². The molecule has 1 nitrogen and oxygen atoms in total. The first-order valence-corrected chi connectivity index (χ1v) is 7.43. The van der Waals surface area contributed by atoms with Crippen LogP contribution in [-0.2, 0) is 0 Å². The van der Waals surface area contributed by atoms with Gasteiger partial charge in [-0.2, -0.15) is 11.8 Å². The van der Waals surface area contributed by atoms with Gasteiger partial charge in [-0.25, -0.2) is 0 Å². The average molecular weight is 294 g/mol. The molecule has 4 heteroatoms. The van der Waals surface area contributed by atoms with Gasteiger partial charge in [0.1, 0.15) is 0 Å². The zero-order chi connectivity index (χ0) is 10.6. The van der Waals surface area contributed by atoms with E-state index in [-0.39, 0.29) is 6.04 Å². The van der Waals surface area contributed by atoms with E-state index >= 15 is 0 Å². The molecular weight excluding hydrogens is 278 g/mol. The number of thiophene rings is 1. The van der Waals surface area contributed by atoms with E-state index in [4.69, 9.17) is 5.73 Å². The third-order valence-corrected chi connectivity index (χ3v) is 5.40. The molecule has 14 heavy (non-hydrogen) atoms. The van der Waals surface area contributed by atoms with Crippen LogP contribution in [0.2, 0.25) is 0 Å². The van der Waals surface area contributed by atoms with Gasteiger partial charge in [0.05, 0.1) is 9.04 Å². The Morgan fingerprint density at radius 2 is 2.29 bits per heavy atom. The minimum atomic E-state index is 0.220. The van der Waals surface area contributed by atoms with Crippen LogP contribution in [0, 0.1) is 0 Å². The van der Waals surface area contributed by atoms with Gasteiger partial charge in [0.2, 0.25) is 0 Å². The smallest absolute Gasteiger partial charge is 0.0701 e. The summed E-state index contributed by atoms with van der Waals surface area (Å²) >= 11 is 7.24. The Balaban J connectivity index is 2.67. The van der Waals surface area contributed by atoms with Crippen molar-refractivity contribution in [2.75, 3.05) is 5.75 Å². The maximum atomic E-state index is 5.99. The molecule has 1 rings (SSSR count). The molecule has 1 aromatic heterocycles. The fourth-order valence-electron chi connectivity index (χ4n) is 1.22. The first kappa shape index (κ1) is 12.6. The predicted octanol–water partition coefficient (Wildman–Crippen LogP) is 4.04. The van der Waals surface area contributed by atoms with E-state index in [1.54, 1.807) is 11.3 Å². The minimum Gasteiger partial charge on any atom is -0.327 e. The second-order valence-electron chi connectivity index (χ2n) is 3.29. The standard InChI is InChI=1S/C10H16BrNS2/c1-3-6-13-10(7(2)12)8-4-5-9(11)14-8/h4-5,7,10H,3,6,12H2,1-2H3. The first-order chi connectivity index (χ1) is 6.65. The maximum Gasteiger partial charge on any atom is 0.0701 e. The molecule has 0 fully saturated rings. The Kier molecular flexibility index (Phi) is 5.52. The molecule has 1 aromatic rings. The van der Waals surface area contributed by atoms with Gasteiger partial charge in [-0.3, -0.25) is 0 Å². The molecule has 2 N–H and O–H groups in total. The van der Waals surface area contributed by atoms with Crippen molar-refractivity contribution in [3.8, 4) is 0 Å². The van der Waals surface area contributed by atoms with E-state index < -0.39 is 0 Å². The lowest BCUT2D eigenvalue weighted by atomic mass is 10.2. The summed E-state index contributed by atoms with van der Waals surface area (Å²) in [6, 6.07) is 4.49. The summed E-state index contributed by atoms with van der Waals surface area (Å²) in [4.78, 5) is 1.38. The maximum absolute atomic E-state index is 5.99. The van der Waals surface area contributed by atoms with Crippen LogP contribution in [-0.4, -0.2) is 11.8 Å². The van der Waals surface area contributed by atoms with Crippen molar-refractivity contribution in [3.63, 3.8) is 0 Å². The highest BCUT2D eigenvalue weighted by Gasteiger charge is 2.17. The van der Waals surface area contributed by atoms with Crippen LogP contribution in [0.4, 0.5) is 0 Å². The Hall–Kier alpha value is 0.490. The fraction of sp³-hybridized carbons (Fsp3) is 0.600. The summed E-state index contributed by atoms with van der Waals surface area (Å²) in [6.07, 6.45) is 1.21. The average Bonchev–Trinajstić information content (AvgIpc) is 2.52. The molecule has 0 amide bonds. The summed E-state index contributed by atoms with van der Waals surface area (Å²) in [7, 11) is 0. The van der Waals surface area contributed by atoms with Gasteiger partial charge in [0.15, 0.2) is 0 Å². The van der Waals surface area contributed by atoms with Gasteiger partial charge in [0, 0.05) is 10.9 Å². The van der Waals surface area contributed by atoms with Crippen LogP contribution >= 0.6 is 39.0 Å². The third kappa shape index (κ3) is 3.57. The van der Waals surface area contributed by atoms with Crippen molar-refractivity contribution in [1.82, 2.24) is 0 Å². The fourth-order valence-corrected chi connectivity index (χ4v) is 4.12. The molecule has 0 aliphatic heterocycles. The molecule has 80 valence electrons. The summed E-state index contributed by atoms with van der Waals surface area (Å²) < 4.78 is 1.19. The van der Waals surface area contributed by atoms with E-state index in [1.807, 2.05) is 11.8 Å². The summed E-state index contributed by atoms with van der Waals surface area (Å²) in [5, 5.41) is 0.450. The van der Waals surface area contributed by atoms with Crippen LogP contribution in [0.1, 0.15) is 30.4 Å². The zero-order valence-corrected chi connectivity index (χ0v) is 11.7. The van der Waals surface area contributed by atoms with Crippen molar-refractivity contribution in [1.29, 1.82) is 0 Å². The van der Waals surface area contributed by atoms with Gasteiger partial charge >= 0.3 is 0 Å². The molecule has 0 spiro atoms. The SMILES string of the molecule is CCCSC(c1ccc(Br)s1)C(C)N. The minimum absolute atomic E-state index is 0.220. The molecule has 0 bridgehead atoms. The van der Waals surface area contributed by atoms with Gasteiger partial charge in [-0.15, -0.1) is 11.3 Å². The lowest BCUT2D eigenvalue weighted by molar-refractivity contribution is 0.729. The van der Waals surface area contributed by atoms with Gasteiger partial charge in [0.25, 0.3) is 0 Å². The molecule has 0 radical (unpaired) electrons. The predicted molar refractivity (Wildman–Crippen MR) is 71.2 cm³/mol. The molecule has 2 unspecified atom stereocenters. The van der Waals surface area contributed by atoms with Gasteiger partial charge in [-0.05, 0) is 47.2 Å². The summed E-state index contributed by atoms with van der Waals surface area (Å²) in [5.74, 6) is 1.18. The van der Waals surface area contributed by atoms with E-state index in [2.05, 4.69) is 41.9 Å². The van der Waals surface area contributed by atoms with E-state index in [0.717, 1.165) is 0 Å². The van der Waals surface area contributed by atoms with Crippen LogP contribution < -0.4 is 5.73 Å². The molecule has 0 saturated heterocycles. The monoisotopic (exact) mass is 293 g/mol. The molecule has 0 aromatic carbocycles. The second-order valence-corrected chi connectivity index (χ2v) is 7.04. The van der Waals surface area contributed by atoms with Gasteiger partial charge < -0.3 is 5.73 Å². The van der Waals surface area contributed by atoms with Crippen molar-refractivity contribution in [2.45, 2.75) is 31.6 Å². The topological polar surface area (TPSA) is 26.0 Å². The third-order valence-electron chi connectivity index (χ3n) is 1.85. The highest BCUT2D eigenvalue weighted by molar-refractivity contribution is 9.11. The Labute approximate surface area is 103 Å². The Morgan fingerprint density at radius 3 is 2.71 bits per heavy atom. The molecule has 0 saturated carbocycles. The molecule has 0 aliphatic carbocycles. The van der Waals surface area contributed by atoms with Gasteiger partial charge in [-0.1, -0.05) is 6.92 Å². The Morgan fingerprint density at radius 1 is 1.57 bits per heavy atom. The van der Waals surface area contributed by atoms with Crippen molar-refractivity contribution >= 4 is 39.0 Å². The first-order valence-electron chi connectivity index (χ1n) is 4.77. The summed E-state index contributed by atoms with van der Waals surface area (Å²) in [5.41, 5.74) is 5.99. The largest absolute Gasteiger partial charge is 0.327 e. The molecule has 2 atom stereocenters. The highest BCUT2D eigenvalue weighted by atomic mass is 79.9. The normalized spacial score (nSPS) is 15.4. The number of halogens is 1.